The summed E-state index contributed by atoms with van der Waals surface area (Å²) in [6, 6.07) is 5.99. The van der Waals surface area contributed by atoms with Gasteiger partial charge >= 0.3 is 12.0 Å². The highest BCUT2D eigenvalue weighted by molar-refractivity contribution is 6.05. The van der Waals surface area contributed by atoms with Gasteiger partial charge in [0.25, 0.3) is 0 Å². The Balaban J connectivity index is 2.12. The molecule has 1 aliphatic heterocycles. The van der Waals surface area contributed by atoms with Crippen molar-refractivity contribution in [1.82, 2.24) is 5.32 Å². The second-order valence-electron chi connectivity index (χ2n) is 3.93. The number of urea groups is 1. The van der Waals surface area contributed by atoms with E-state index in [1.807, 2.05) is 0 Å². The molecule has 19 heavy (non-hydrogen) atoms. The van der Waals surface area contributed by atoms with Gasteiger partial charge in [-0.15, -0.1) is 0 Å². The van der Waals surface area contributed by atoms with Crippen molar-refractivity contribution in [3.8, 4) is 5.75 Å². The number of amides is 3. The van der Waals surface area contributed by atoms with E-state index in [0.29, 0.717) is 11.4 Å². The van der Waals surface area contributed by atoms with Crippen LogP contribution in [-0.2, 0) is 9.59 Å². The van der Waals surface area contributed by atoms with Crippen LogP contribution in [-0.4, -0.2) is 36.2 Å². The second kappa shape index (κ2) is 5.38. The van der Waals surface area contributed by atoms with Gasteiger partial charge in [0, 0.05) is 24.7 Å². The summed E-state index contributed by atoms with van der Waals surface area (Å²) in [5.74, 6) is -1.03. The largest absolute Gasteiger partial charge is 0.482 e. The molecule has 100 valence electrons. The summed E-state index contributed by atoms with van der Waals surface area (Å²) in [5.41, 5.74) is 0.549. The Morgan fingerprint density at radius 3 is 2.89 bits per heavy atom. The highest BCUT2D eigenvalue weighted by Gasteiger charge is 2.24. The lowest BCUT2D eigenvalue weighted by Gasteiger charge is -2.26. The normalized spacial score (nSPS) is 15.1. The Kier molecular flexibility index (Phi) is 3.65. The minimum atomic E-state index is -1.08. The first-order chi connectivity index (χ1) is 9.06. The van der Waals surface area contributed by atoms with Crippen LogP contribution < -0.4 is 15.0 Å². The van der Waals surface area contributed by atoms with E-state index < -0.39 is 18.6 Å². The quantitative estimate of drug-likeness (QED) is 0.830. The van der Waals surface area contributed by atoms with E-state index in [1.165, 1.54) is 4.90 Å². The number of rotatable bonds is 4. The van der Waals surface area contributed by atoms with Gasteiger partial charge in [-0.2, -0.15) is 0 Å². The highest BCUT2D eigenvalue weighted by atomic mass is 16.5. The molecule has 0 saturated carbocycles. The molecular formula is C12H12N2O5. The van der Waals surface area contributed by atoms with Gasteiger partial charge < -0.3 is 9.84 Å². The van der Waals surface area contributed by atoms with E-state index in [-0.39, 0.29) is 18.9 Å². The number of nitrogens with zero attached hydrogens (tertiary/aromatic N) is 1. The van der Waals surface area contributed by atoms with Crippen LogP contribution in [0.25, 0.3) is 0 Å². The maximum absolute atomic E-state index is 11.6. The van der Waals surface area contributed by atoms with Crippen molar-refractivity contribution in [3.05, 3.63) is 24.3 Å². The van der Waals surface area contributed by atoms with E-state index in [2.05, 4.69) is 5.32 Å². The van der Waals surface area contributed by atoms with Crippen molar-refractivity contribution in [2.24, 2.45) is 0 Å². The third-order valence-corrected chi connectivity index (χ3v) is 2.55. The van der Waals surface area contributed by atoms with Crippen molar-refractivity contribution in [2.75, 3.05) is 18.1 Å². The maximum Gasteiger partial charge on any atom is 0.341 e. The van der Waals surface area contributed by atoms with Crippen molar-refractivity contribution < 1.29 is 24.2 Å². The number of benzene rings is 1. The monoisotopic (exact) mass is 264 g/mol. The van der Waals surface area contributed by atoms with Gasteiger partial charge in [-0.1, -0.05) is 6.07 Å². The first-order valence-corrected chi connectivity index (χ1v) is 5.62. The van der Waals surface area contributed by atoms with Gasteiger partial charge in [0.1, 0.15) is 5.75 Å². The zero-order chi connectivity index (χ0) is 13.8. The number of carboxylic acid groups (broad SMARTS) is 1. The number of hydrogen-bond acceptors (Lipinski definition) is 4. The average molecular weight is 264 g/mol. The molecule has 1 heterocycles. The molecule has 2 rings (SSSR count). The van der Waals surface area contributed by atoms with E-state index in [9.17, 15) is 14.4 Å². The molecule has 0 radical (unpaired) electrons. The fourth-order valence-corrected chi connectivity index (χ4v) is 1.70. The molecule has 0 aliphatic carbocycles. The van der Waals surface area contributed by atoms with E-state index in [4.69, 9.17) is 9.84 Å². The van der Waals surface area contributed by atoms with Gasteiger partial charge in [-0.25, -0.2) is 9.59 Å². The summed E-state index contributed by atoms with van der Waals surface area (Å²) in [7, 11) is 0. The molecule has 0 atom stereocenters. The lowest BCUT2D eigenvalue weighted by Crippen LogP contribution is -2.49. The van der Waals surface area contributed by atoms with Gasteiger partial charge in [0.15, 0.2) is 6.61 Å². The zero-order valence-electron chi connectivity index (χ0n) is 9.96. The predicted molar refractivity (Wildman–Crippen MR) is 65.1 cm³/mol. The maximum atomic E-state index is 11.6. The first-order valence-electron chi connectivity index (χ1n) is 5.62. The number of carbonyl (C=O) groups is 3. The molecular weight excluding hydrogens is 252 g/mol. The third-order valence-electron chi connectivity index (χ3n) is 2.55. The van der Waals surface area contributed by atoms with Crippen LogP contribution in [0.1, 0.15) is 6.42 Å². The molecule has 1 saturated heterocycles. The first kappa shape index (κ1) is 12.9. The lowest BCUT2D eigenvalue weighted by molar-refractivity contribution is -0.139. The topological polar surface area (TPSA) is 95.9 Å². The molecule has 1 aromatic carbocycles. The molecule has 3 amide bonds. The number of anilines is 1. The SMILES string of the molecule is O=C(O)COc1cccc(N2CCC(=O)NC2=O)c1. The number of carbonyl (C=O) groups excluding carboxylic acids is 2. The Labute approximate surface area is 108 Å². The molecule has 1 fully saturated rings. The molecule has 0 aromatic heterocycles. The second-order valence-corrected chi connectivity index (χ2v) is 3.93. The Hall–Kier alpha value is -2.57. The Morgan fingerprint density at radius 1 is 1.42 bits per heavy atom. The van der Waals surface area contributed by atoms with E-state index in [1.54, 1.807) is 24.3 Å². The fourth-order valence-electron chi connectivity index (χ4n) is 1.70. The van der Waals surface area contributed by atoms with Crippen LogP contribution in [0.2, 0.25) is 0 Å². The number of nitrogens with one attached hydrogen (secondary N) is 1. The van der Waals surface area contributed by atoms with Crippen LogP contribution in [0, 0.1) is 0 Å². The summed E-state index contributed by atoms with van der Waals surface area (Å²) < 4.78 is 5.03. The zero-order valence-corrected chi connectivity index (χ0v) is 9.96. The minimum Gasteiger partial charge on any atom is -0.482 e. The summed E-state index contributed by atoms with van der Waals surface area (Å²) in [4.78, 5) is 34.5. The Morgan fingerprint density at radius 2 is 2.21 bits per heavy atom. The van der Waals surface area contributed by atoms with Gasteiger partial charge in [-0.05, 0) is 12.1 Å². The van der Waals surface area contributed by atoms with Gasteiger partial charge in [-0.3, -0.25) is 15.0 Å². The molecule has 0 unspecified atom stereocenters. The summed E-state index contributed by atoms with van der Waals surface area (Å²) in [6.45, 7) is -0.165. The molecule has 7 nitrogen and oxygen atoms in total. The summed E-state index contributed by atoms with van der Waals surface area (Å²) in [5, 5.41) is 10.7. The summed E-state index contributed by atoms with van der Waals surface area (Å²) in [6.07, 6.45) is 0.228. The lowest BCUT2D eigenvalue weighted by atomic mass is 10.2. The minimum absolute atomic E-state index is 0.228. The van der Waals surface area contributed by atoms with E-state index >= 15 is 0 Å². The standard InChI is InChI=1S/C12H12N2O5/c15-10-4-5-14(12(18)13-10)8-2-1-3-9(6-8)19-7-11(16)17/h1-3,6H,4-5,7H2,(H,16,17)(H,13,15,18). The molecule has 0 spiro atoms. The number of carboxylic acids is 1. The smallest absolute Gasteiger partial charge is 0.341 e. The average Bonchev–Trinajstić information content (AvgIpc) is 2.36. The number of aliphatic carboxylic acids is 1. The Bertz CT molecular complexity index is 529. The molecule has 0 bridgehead atoms. The number of ether oxygens (including phenoxy) is 1. The fraction of sp³-hybridized carbons (Fsp3) is 0.250. The molecule has 1 aliphatic rings. The van der Waals surface area contributed by atoms with Gasteiger partial charge in [0.05, 0.1) is 0 Å². The van der Waals surface area contributed by atoms with Crippen molar-refractivity contribution in [1.29, 1.82) is 0 Å². The van der Waals surface area contributed by atoms with Crippen LogP contribution in [0.3, 0.4) is 0 Å². The van der Waals surface area contributed by atoms with Crippen molar-refractivity contribution >= 4 is 23.6 Å². The molecule has 7 heteroatoms. The highest BCUT2D eigenvalue weighted by Crippen LogP contribution is 2.22. The third kappa shape index (κ3) is 3.21. The van der Waals surface area contributed by atoms with Crippen molar-refractivity contribution in [3.63, 3.8) is 0 Å². The van der Waals surface area contributed by atoms with Crippen LogP contribution in [0.15, 0.2) is 24.3 Å². The molecule has 2 N–H and O–H groups in total. The molecule has 1 aromatic rings. The van der Waals surface area contributed by atoms with Crippen LogP contribution in [0.5, 0.6) is 5.75 Å². The van der Waals surface area contributed by atoms with E-state index in [0.717, 1.165) is 0 Å². The van der Waals surface area contributed by atoms with Crippen LogP contribution in [0.4, 0.5) is 10.5 Å². The predicted octanol–water partition coefficient (Wildman–Crippen LogP) is 0.596. The van der Waals surface area contributed by atoms with Gasteiger partial charge in [0.2, 0.25) is 5.91 Å². The van der Waals surface area contributed by atoms with Crippen molar-refractivity contribution in [2.45, 2.75) is 6.42 Å². The number of imide groups is 1. The summed E-state index contributed by atoms with van der Waals surface area (Å²) >= 11 is 0. The number of hydrogen-bond donors (Lipinski definition) is 2. The van der Waals surface area contributed by atoms with Crippen LogP contribution >= 0.6 is 0 Å².